The lowest BCUT2D eigenvalue weighted by Crippen LogP contribution is -1.95. The molecule has 0 atom stereocenters. The minimum absolute atomic E-state index is 0.527. The second-order valence-corrected chi connectivity index (χ2v) is 3.84. The van der Waals surface area contributed by atoms with Gasteiger partial charge in [0.05, 0.1) is 5.38 Å². The zero-order valence-electron chi connectivity index (χ0n) is 7.86. The number of rotatable bonds is 3. The molecule has 2 rings (SSSR count). The Labute approximate surface area is 87.2 Å². The highest BCUT2D eigenvalue weighted by Gasteiger charge is 1.99. The van der Waals surface area contributed by atoms with E-state index >= 15 is 0 Å². The van der Waals surface area contributed by atoms with Crippen molar-refractivity contribution in [3.05, 3.63) is 46.4 Å². The molecular formula is C11H10NOS. The Bertz CT molecular complexity index is 397. The van der Waals surface area contributed by atoms with E-state index < -0.39 is 0 Å². The van der Waals surface area contributed by atoms with Gasteiger partial charge in [0.1, 0.15) is 17.4 Å². The molecule has 0 saturated heterocycles. The monoisotopic (exact) mass is 204 g/mol. The van der Waals surface area contributed by atoms with Gasteiger partial charge in [-0.3, -0.25) is 0 Å². The predicted molar refractivity (Wildman–Crippen MR) is 56.5 cm³/mol. The van der Waals surface area contributed by atoms with Crippen LogP contribution in [0.1, 0.15) is 10.6 Å². The Morgan fingerprint density at radius 2 is 2.29 bits per heavy atom. The van der Waals surface area contributed by atoms with Crippen LogP contribution in [-0.4, -0.2) is 4.98 Å². The number of aryl methyl sites for hydroxylation is 1. The fourth-order valence-electron chi connectivity index (χ4n) is 1.14. The summed E-state index contributed by atoms with van der Waals surface area (Å²) in [6.07, 6.45) is 1.67. The molecule has 3 heteroatoms. The summed E-state index contributed by atoms with van der Waals surface area (Å²) in [6.45, 7) is 2.56. The summed E-state index contributed by atoms with van der Waals surface area (Å²) in [5.41, 5.74) is 1.15. The Morgan fingerprint density at radius 1 is 1.43 bits per heavy atom. The van der Waals surface area contributed by atoms with Crippen LogP contribution in [0.25, 0.3) is 0 Å². The number of benzene rings is 1. The van der Waals surface area contributed by atoms with Crippen LogP contribution < -0.4 is 4.74 Å². The van der Waals surface area contributed by atoms with Gasteiger partial charge in [-0.25, -0.2) is 4.98 Å². The van der Waals surface area contributed by atoms with E-state index in [2.05, 4.69) is 10.4 Å². The van der Waals surface area contributed by atoms with Gasteiger partial charge in [0.25, 0.3) is 0 Å². The van der Waals surface area contributed by atoms with Crippen LogP contribution in [0.4, 0.5) is 0 Å². The lowest BCUT2D eigenvalue weighted by atomic mass is 10.2. The SMILES string of the molecule is Cc1ccccc1OCc1nc[c]s1. The van der Waals surface area contributed by atoms with Crippen molar-refractivity contribution < 1.29 is 4.74 Å². The van der Waals surface area contributed by atoms with Crippen molar-refractivity contribution in [2.45, 2.75) is 13.5 Å². The fraction of sp³-hybridized carbons (Fsp3) is 0.182. The molecule has 0 unspecified atom stereocenters. The second kappa shape index (κ2) is 4.24. The van der Waals surface area contributed by atoms with E-state index in [1.807, 2.05) is 31.2 Å². The minimum Gasteiger partial charge on any atom is -0.486 e. The first kappa shape index (κ1) is 9.21. The van der Waals surface area contributed by atoms with Crippen molar-refractivity contribution in [1.29, 1.82) is 0 Å². The van der Waals surface area contributed by atoms with Crippen LogP contribution >= 0.6 is 11.3 Å². The van der Waals surface area contributed by atoms with Gasteiger partial charge in [0.15, 0.2) is 0 Å². The van der Waals surface area contributed by atoms with Crippen molar-refractivity contribution in [3.8, 4) is 5.75 Å². The second-order valence-electron chi connectivity index (χ2n) is 2.93. The van der Waals surface area contributed by atoms with Crippen molar-refractivity contribution in [2.75, 3.05) is 0 Å². The van der Waals surface area contributed by atoms with Crippen molar-refractivity contribution in [2.24, 2.45) is 0 Å². The summed E-state index contributed by atoms with van der Waals surface area (Å²) in [6, 6.07) is 7.96. The summed E-state index contributed by atoms with van der Waals surface area (Å²) in [5.74, 6) is 0.919. The topological polar surface area (TPSA) is 22.1 Å². The van der Waals surface area contributed by atoms with Crippen LogP contribution in [0.2, 0.25) is 0 Å². The largest absolute Gasteiger partial charge is 0.486 e. The summed E-state index contributed by atoms with van der Waals surface area (Å²) in [5, 5.41) is 3.88. The molecule has 0 fully saturated rings. The quantitative estimate of drug-likeness (QED) is 0.767. The minimum atomic E-state index is 0.527. The molecule has 71 valence electrons. The maximum absolute atomic E-state index is 5.61. The van der Waals surface area contributed by atoms with Crippen LogP contribution in [0.3, 0.4) is 0 Å². The normalized spacial score (nSPS) is 10.1. The van der Waals surface area contributed by atoms with Crippen LogP contribution in [0.5, 0.6) is 5.75 Å². The first-order chi connectivity index (χ1) is 6.86. The van der Waals surface area contributed by atoms with Crippen molar-refractivity contribution in [3.63, 3.8) is 0 Å². The number of thiazole rings is 1. The van der Waals surface area contributed by atoms with Gasteiger partial charge in [0.2, 0.25) is 0 Å². The van der Waals surface area contributed by atoms with E-state index in [0.717, 1.165) is 16.3 Å². The Kier molecular flexibility index (Phi) is 2.79. The van der Waals surface area contributed by atoms with E-state index in [4.69, 9.17) is 4.74 Å². The Morgan fingerprint density at radius 3 is 3.00 bits per heavy atom. The smallest absolute Gasteiger partial charge is 0.140 e. The van der Waals surface area contributed by atoms with Crippen LogP contribution in [-0.2, 0) is 6.61 Å². The number of hydrogen-bond donors (Lipinski definition) is 0. The molecule has 0 aliphatic carbocycles. The van der Waals surface area contributed by atoms with Gasteiger partial charge >= 0.3 is 0 Å². The highest BCUT2D eigenvalue weighted by molar-refractivity contribution is 7.09. The molecule has 1 radical (unpaired) electrons. The molecule has 0 amide bonds. The molecule has 2 nitrogen and oxygen atoms in total. The van der Waals surface area contributed by atoms with Crippen LogP contribution in [0.15, 0.2) is 30.5 Å². The number of para-hydroxylation sites is 1. The molecule has 14 heavy (non-hydrogen) atoms. The summed E-state index contributed by atoms with van der Waals surface area (Å²) in [7, 11) is 0. The zero-order valence-corrected chi connectivity index (χ0v) is 8.67. The van der Waals surface area contributed by atoms with E-state index in [1.54, 1.807) is 6.20 Å². The average molecular weight is 204 g/mol. The molecule has 1 aromatic carbocycles. The van der Waals surface area contributed by atoms with Gasteiger partial charge in [-0.1, -0.05) is 18.2 Å². The predicted octanol–water partition coefficient (Wildman–Crippen LogP) is 2.83. The maximum Gasteiger partial charge on any atom is 0.140 e. The molecule has 0 N–H and O–H groups in total. The summed E-state index contributed by atoms with van der Waals surface area (Å²) < 4.78 is 5.61. The number of hydrogen-bond acceptors (Lipinski definition) is 3. The third-order valence-electron chi connectivity index (χ3n) is 1.88. The zero-order chi connectivity index (χ0) is 9.80. The molecule has 0 aliphatic rings. The van der Waals surface area contributed by atoms with Gasteiger partial charge in [-0.05, 0) is 18.6 Å². The molecule has 2 aromatic rings. The van der Waals surface area contributed by atoms with Crippen molar-refractivity contribution in [1.82, 2.24) is 4.98 Å². The highest BCUT2D eigenvalue weighted by Crippen LogP contribution is 2.18. The highest BCUT2D eigenvalue weighted by atomic mass is 32.1. The molecule has 1 aromatic heterocycles. The molecule has 0 spiro atoms. The molecule has 0 bridgehead atoms. The first-order valence-electron chi connectivity index (χ1n) is 4.35. The third-order valence-corrected chi connectivity index (χ3v) is 2.56. The standard InChI is InChI=1S/C11H10NOS/c1-9-4-2-3-5-10(9)13-8-11-12-6-7-14-11/h2-6H,8H2,1H3. The maximum atomic E-state index is 5.61. The van der Waals surface area contributed by atoms with E-state index in [-0.39, 0.29) is 0 Å². The number of nitrogens with zero attached hydrogens (tertiary/aromatic N) is 1. The lowest BCUT2D eigenvalue weighted by molar-refractivity contribution is 0.303. The van der Waals surface area contributed by atoms with E-state index in [0.29, 0.717) is 6.61 Å². The third kappa shape index (κ3) is 2.12. The van der Waals surface area contributed by atoms with E-state index in [9.17, 15) is 0 Å². The first-order valence-corrected chi connectivity index (χ1v) is 5.17. The molecule has 0 saturated carbocycles. The van der Waals surface area contributed by atoms with Gasteiger partial charge in [-0.2, -0.15) is 0 Å². The Balaban J connectivity index is 2.02. The van der Waals surface area contributed by atoms with Gasteiger partial charge < -0.3 is 4.74 Å². The summed E-state index contributed by atoms with van der Waals surface area (Å²) in [4.78, 5) is 4.10. The average Bonchev–Trinajstić information content (AvgIpc) is 2.69. The number of ether oxygens (including phenoxy) is 1. The molecule has 1 heterocycles. The lowest BCUT2D eigenvalue weighted by Gasteiger charge is -2.06. The van der Waals surface area contributed by atoms with Crippen LogP contribution in [0, 0.1) is 12.3 Å². The Hall–Kier alpha value is -1.35. The molecular weight excluding hydrogens is 194 g/mol. The van der Waals surface area contributed by atoms with Gasteiger partial charge in [0, 0.05) is 6.20 Å². The number of aromatic nitrogens is 1. The summed E-state index contributed by atoms with van der Waals surface area (Å²) >= 11 is 1.49. The molecule has 0 aliphatic heterocycles. The fourth-order valence-corrected chi connectivity index (χ4v) is 1.61. The van der Waals surface area contributed by atoms with E-state index in [1.165, 1.54) is 11.3 Å². The van der Waals surface area contributed by atoms with Gasteiger partial charge in [-0.15, -0.1) is 11.3 Å². The van der Waals surface area contributed by atoms with Crippen molar-refractivity contribution >= 4 is 11.3 Å².